The number of anilines is 18. The zero-order valence-corrected chi connectivity index (χ0v) is 54.3. The molecule has 0 aromatic heterocycles. The Morgan fingerprint density at radius 1 is 0.135 bits per heavy atom. The van der Waals surface area contributed by atoms with Crippen molar-refractivity contribution in [3.05, 3.63) is 328 Å². The van der Waals surface area contributed by atoms with Gasteiger partial charge in [-0.1, -0.05) is 54.6 Å². The Balaban J connectivity index is 1.03. The standard InChI is InChI=1S/C84H72N6O6/c1-91-79-46-34-70(35-47-79)85(61-16-10-7-11-17-61)64-22-28-67(29-23-64)88(73-40-52-82(94-4)53-41-73)76-58-77(89(74-42-54-83(95-5)55-43-74)68-30-24-65(25-31-68)86(62-18-12-8-13-19-62)71-36-48-80(92-2)49-37-71)60-78(59-76)90(75-44-56-84(96-6)57-45-75)69-32-26-66(27-33-69)87(63-20-14-9-15-21-63)72-38-50-81(93-3)51-39-72/h7-60H,1-6H3. The Labute approximate surface area is 562 Å². The van der Waals surface area contributed by atoms with Gasteiger partial charge in [0, 0.05) is 85.3 Å². The van der Waals surface area contributed by atoms with Crippen LogP contribution >= 0.6 is 0 Å². The maximum atomic E-state index is 5.82. The topological polar surface area (TPSA) is 74.8 Å². The predicted octanol–water partition coefficient (Wildman–Crippen LogP) is 22.6. The van der Waals surface area contributed by atoms with Crippen molar-refractivity contribution >= 4 is 102 Å². The van der Waals surface area contributed by atoms with E-state index < -0.39 is 0 Å². The Bertz CT molecular complexity index is 4120. The summed E-state index contributed by atoms with van der Waals surface area (Å²) >= 11 is 0. The third kappa shape index (κ3) is 13.5. The lowest BCUT2D eigenvalue weighted by Crippen LogP contribution is -2.17. The number of hydrogen-bond donors (Lipinski definition) is 0. The van der Waals surface area contributed by atoms with Crippen molar-refractivity contribution in [1.29, 1.82) is 0 Å². The van der Waals surface area contributed by atoms with Crippen molar-refractivity contribution in [3.8, 4) is 34.5 Å². The minimum Gasteiger partial charge on any atom is -0.497 e. The van der Waals surface area contributed by atoms with Crippen molar-refractivity contribution in [2.75, 3.05) is 72.1 Å². The second-order valence-corrected chi connectivity index (χ2v) is 22.5. The van der Waals surface area contributed by atoms with E-state index in [1.54, 1.807) is 42.7 Å². The van der Waals surface area contributed by atoms with Gasteiger partial charge in [-0.25, -0.2) is 0 Å². The molecule has 13 rings (SSSR count). The van der Waals surface area contributed by atoms with Gasteiger partial charge in [0.25, 0.3) is 0 Å². The zero-order chi connectivity index (χ0) is 65.7. The number of para-hydroxylation sites is 3. The molecule has 13 aromatic rings. The molecule has 0 radical (unpaired) electrons. The second-order valence-electron chi connectivity index (χ2n) is 22.5. The monoisotopic (exact) mass is 1260 g/mol. The number of hydrogen-bond acceptors (Lipinski definition) is 12. The van der Waals surface area contributed by atoms with Crippen LogP contribution in [0.5, 0.6) is 34.5 Å². The van der Waals surface area contributed by atoms with E-state index >= 15 is 0 Å². The van der Waals surface area contributed by atoms with Gasteiger partial charge in [-0.3, -0.25) is 0 Å². The Kier molecular flexibility index (Phi) is 18.8. The molecule has 96 heavy (non-hydrogen) atoms. The Hall–Kier alpha value is -12.5. The molecule has 12 heteroatoms. The molecule has 0 N–H and O–H groups in total. The third-order valence-corrected chi connectivity index (χ3v) is 16.8. The van der Waals surface area contributed by atoms with E-state index in [1.165, 1.54) is 0 Å². The number of ether oxygens (including phenoxy) is 6. The molecule has 0 atom stereocenters. The summed E-state index contributed by atoms with van der Waals surface area (Å²) < 4.78 is 34.3. The minimum atomic E-state index is 0.736. The Morgan fingerprint density at radius 2 is 0.250 bits per heavy atom. The highest BCUT2D eigenvalue weighted by molar-refractivity contribution is 5.92. The van der Waals surface area contributed by atoms with E-state index in [0.717, 1.165) is 137 Å². The summed E-state index contributed by atoms with van der Waals surface area (Å²) in [6.07, 6.45) is 0. The fraction of sp³-hybridized carbons (Fsp3) is 0.0714. The summed E-state index contributed by atoms with van der Waals surface area (Å²) in [6.45, 7) is 0. The van der Waals surface area contributed by atoms with Crippen LogP contribution in [0.1, 0.15) is 0 Å². The number of rotatable bonds is 24. The van der Waals surface area contributed by atoms with Crippen molar-refractivity contribution in [2.24, 2.45) is 0 Å². The molecule has 0 saturated carbocycles. The molecule has 0 bridgehead atoms. The van der Waals surface area contributed by atoms with Gasteiger partial charge < -0.3 is 57.8 Å². The van der Waals surface area contributed by atoms with Gasteiger partial charge in [0.1, 0.15) is 34.5 Å². The minimum absolute atomic E-state index is 0.736. The van der Waals surface area contributed by atoms with Crippen LogP contribution in [-0.2, 0) is 0 Å². The molecule has 13 aromatic carbocycles. The fourth-order valence-corrected chi connectivity index (χ4v) is 12.0. The summed E-state index contributed by atoms with van der Waals surface area (Å²) in [6, 6.07) is 113. The number of methoxy groups -OCH3 is 6. The van der Waals surface area contributed by atoms with Crippen LogP contribution in [0.3, 0.4) is 0 Å². The van der Waals surface area contributed by atoms with Gasteiger partial charge in [0.15, 0.2) is 0 Å². The van der Waals surface area contributed by atoms with Gasteiger partial charge in [-0.15, -0.1) is 0 Å². The molecule has 0 spiro atoms. The summed E-state index contributed by atoms with van der Waals surface area (Å²) in [4.78, 5) is 13.7. The van der Waals surface area contributed by atoms with E-state index in [0.29, 0.717) is 0 Å². The van der Waals surface area contributed by atoms with Gasteiger partial charge in [-0.2, -0.15) is 0 Å². The molecule has 0 aliphatic rings. The van der Waals surface area contributed by atoms with Crippen molar-refractivity contribution < 1.29 is 28.4 Å². The lowest BCUT2D eigenvalue weighted by Gasteiger charge is -2.33. The van der Waals surface area contributed by atoms with Crippen LogP contribution in [0.25, 0.3) is 0 Å². The molecule has 0 saturated heterocycles. The highest BCUT2D eigenvalue weighted by Crippen LogP contribution is 2.49. The molecule has 0 aliphatic heterocycles. The maximum Gasteiger partial charge on any atom is 0.119 e. The predicted molar refractivity (Wildman–Crippen MR) is 394 cm³/mol. The largest absolute Gasteiger partial charge is 0.497 e. The number of benzene rings is 13. The average molecular weight is 1260 g/mol. The van der Waals surface area contributed by atoms with E-state index in [1.807, 2.05) is 91.0 Å². The van der Waals surface area contributed by atoms with Crippen molar-refractivity contribution in [2.45, 2.75) is 0 Å². The SMILES string of the molecule is COc1ccc(N(c2ccccc2)c2ccc(N(c3ccc(OC)cc3)c3cc(N(c4ccc(OC)cc4)c4ccc(N(c5ccccc5)c5ccc(OC)cc5)cc4)cc(N(c4ccc(OC)cc4)c4ccc(N(c5ccccc5)c5ccc(OC)cc5)cc4)c3)cc2)cc1. The molecule has 474 valence electrons. The van der Waals surface area contributed by atoms with Crippen LogP contribution in [0, 0.1) is 0 Å². The lowest BCUT2D eigenvalue weighted by molar-refractivity contribution is 0.414. The first-order chi connectivity index (χ1) is 47.3. The quantitative estimate of drug-likeness (QED) is 0.0578. The molecule has 0 aliphatic carbocycles. The van der Waals surface area contributed by atoms with E-state index in [9.17, 15) is 0 Å². The summed E-state index contributed by atoms with van der Waals surface area (Å²) in [7, 11) is 10.1. The lowest BCUT2D eigenvalue weighted by atomic mass is 10.1. The summed E-state index contributed by atoms with van der Waals surface area (Å²) in [5.74, 6) is 4.55. The van der Waals surface area contributed by atoms with Gasteiger partial charge in [0.2, 0.25) is 0 Å². The van der Waals surface area contributed by atoms with Crippen LogP contribution in [0.2, 0.25) is 0 Å². The highest BCUT2D eigenvalue weighted by atomic mass is 16.5. The highest BCUT2D eigenvalue weighted by Gasteiger charge is 2.25. The molecule has 0 unspecified atom stereocenters. The molecule has 0 fully saturated rings. The first-order valence-electron chi connectivity index (χ1n) is 31.6. The molecule has 12 nitrogen and oxygen atoms in total. The number of nitrogens with zero attached hydrogens (tertiary/aromatic N) is 6. The Morgan fingerprint density at radius 3 is 0.385 bits per heavy atom. The van der Waals surface area contributed by atoms with Gasteiger partial charge in [0.05, 0.1) is 59.7 Å². The molecule has 0 amide bonds. The zero-order valence-electron chi connectivity index (χ0n) is 54.3. The first-order valence-corrected chi connectivity index (χ1v) is 31.6. The summed E-state index contributed by atoms with van der Waals surface area (Å²) in [5.41, 5.74) is 17.0. The summed E-state index contributed by atoms with van der Waals surface area (Å²) in [5, 5.41) is 0. The van der Waals surface area contributed by atoms with Crippen LogP contribution in [-0.4, -0.2) is 42.7 Å². The first kappa shape index (κ1) is 62.3. The fourth-order valence-electron chi connectivity index (χ4n) is 12.0. The van der Waals surface area contributed by atoms with Crippen LogP contribution in [0.4, 0.5) is 102 Å². The van der Waals surface area contributed by atoms with Crippen LogP contribution in [0.15, 0.2) is 328 Å². The normalized spacial score (nSPS) is 10.8. The molecular weight excluding hydrogens is 1190 g/mol. The van der Waals surface area contributed by atoms with Gasteiger partial charge in [-0.05, 0) is 273 Å². The smallest absolute Gasteiger partial charge is 0.119 e. The molecular formula is C84H72N6O6. The van der Waals surface area contributed by atoms with E-state index in [4.69, 9.17) is 28.4 Å². The third-order valence-electron chi connectivity index (χ3n) is 16.8. The van der Waals surface area contributed by atoms with E-state index in [2.05, 4.69) is 266 Å². The van der Waals surface area contributed by atoms with E-state index in [-0.39, 0.29) is 0 Å². The average Bonchev–Trinajstić information content (AvgIpc) is 0.831. The van der Waals surface area contributed by atoms with Crippen molar-refractivity contribution in [3.63, 3.8) is 0 Å². The van der Waals surface area contributed by atoms with Gasteiger partial charge >= 0.3 is 0 Å². The molecule has 0 heterocycles. The van der Waals surface area contributed by atoms with Crippen molar-refractivity contribution in [1.82, 2.24) is 0 Å². The maximum absolute atomic E-state index is 5.82. The second kappa shape index (κ2) is 29.0. The van der Waals surface area contributed by atoms with Crippen LogP contribution < -0.4 is 57.8 Å².